The van der Waals surface area contributed by atoms with Gasteiger partial charge in [0.05, 0.1) is 21.3 Å². The number of aromatic amines is 1. The third-order valence-electron chi connectivity index (χ3n) is 5.88. The highest BCUT2D eigenvalue weighted by molar-refractivity contribution is 7.91. The van der Waals surface area contributed by atoms with Crippen LogP contribution in [-0.2, 0) is 20.6 Å². The van der Waals surface area contributed by atoms with Gasteiger partial charge in [-0.1, -0.05) is 24.0 Å². The zero-order chi connectivity index (χ0) is 30.4. The number of hydrogen-bond donors (Lipinski definition) is 10. The Morgan fingerprint density at radius 3 is 2.12 bits per heavy atom. The van der Waals surface area contributed by atoms with Crippen LogP contribution < -0.4 is 4.72 Å². The maximum absolute atomic E-state index is 13.0. The molecule has 0 saturated heterocycles. The lowest BCUT2D eigenvalue weighted by Gasteiger charge is -2.28. The molecule has 2 heterocycles. The molecule has 0 amide bonds. The Morgan fingerprint density at radius 1 is 0.927 bits per heavy atom. The largest absolute Gasteiger partial charge is 0.504 e. The highest BCUT2D eigenvalue weighted by atomic mass is 32.2. The second-order valence-electron chi connectivity index (χ2n) is 8.61. The summed E-state index contributed by atoms with van der Waals surface area (Å²) in [5.41, 5.74) is -0.971. The van der Waals surface area contributed by atoms with E-state index in [0.29, 0.717) is 22.5 Å². The first-order valence-corrected chi connectivity index (χ1v) is 13.5. The van der Waals surface area contributed by atoms with E-state index >= 15 is 0 Å². The molecule has 2 aromatic heterocycles. The fourth-order valence-electron chi connectivity index (χ4n) is 3.84. The van der Waals surface area contributed by atoms with Gasteiger partial charge in [0, 0.05) is 11.1 Å². The van der Waals surface area contributed by atoms with Crippen LogP contribution in [0.5, 0.6) is 28.9 Å². The lowest BCUT2D eigenvalue weighted by atomic mass is 9.96. The maximum Gasteiger partial charge on any atom is 0.327 e. The highest BCUT2D eigenvalue weighted by Gasteiger charge is 2.49. The van der Waals surface area contributed by atoms with Gasteiger partial charge in [0.25, 0.3) is 10.0 Å². The van der Waals surface area contributed by atoms with Gasteiger partial charge < -0.3 is 45.8 Å². The smallest absolute Gasteiger partial charge is 0.327 e. The molecule has 4 rings (SSSR count). The van der Waals surface area contributed by atoms with Crippen molar-refractivity contribution in [3.05, 3.63) is 58.0 Å². The van der Waals surface area contributed by atoms with Crippen LogP contribution in [0.2, 0.25) is 0 Å². The molecule has 1 atom stereocenters. The number of aliphatic carboxylic acids is 1. The molecule has 16 heteroatoms. The summed E-state index contributed by atoms with van der Waals surface area (Å²) in [6, 6.07) is 5.89. The Morgan fingerprint density at radius 2 is 1.54 bits per heavy atom. The number of hydrogen-bond acceptors (Lipinski definition) is 12. The van der Waals surface area contributed by atoms with Crippen molar-refractivity contribution in [2.24, 2.45) is 0 Å². The molecule has 0 aliphatic heterocycles. The van der Waals surface area contributed by atoms with Crippen LogP contribution in [0.25, 0.3) is 10.9 Å². The monoisotopic (exact) mass is 604 g/mol. The minimum atomic E-state index is -4.79. The van der Waals surface area contributed by atoms with Crippen molar-refractivity contribution >= 4 is 44.0 Å². The van der Waals surface area contributed by atoms with Crippen LogP contribution in [0.3, 0.4) is 0 Å². The van der Waals surface area contributed by atoms with E-state index in [9.17, 15) is 58.9 Å². The molecule has 214 valence electrons. The number of thiophene rings is 1. The Balaban J connectivity index is 1.68. The molecule has 41 heavy (non-hydrogen) atoms. The van der Waals surface area contributed by atoms with Gasteiger partial charge >= 0.3 is 5.97 Å². The number of H-pyrrole nitrogens is 1. The fraction of sp³-hybridized carbons (Fsp3) is 0.120. The quantitative estimate of drug-likeness (QED) is 0.0465. The summed E-state index contributed by atoms with van der Waals surface area (Å²) in [7, 11) is -4.79. The van der Waals surface area contributed by atoms with Gasteiger partial charge in [-0.2, -0.15) is 4.72 Å². The number of benzene rings is 2. The molecule has 0 saturated carbocycles. The van der Waals surface area contributed by atoms with E-state index < -0.39 is 77.4 Å². The summed E-state index contributed by atoms with van der Waals surface area (Å²) in [6.07, 6.45) is 0. The SMILES string of the molecule is CC(=O)c1ccc(C#Cc2ccc(S(=O)(=O)NC(C(=O)O)C(O)(O)c3c(O)[nH]c4c(O)c(O)c(O)c(O)c34)s2)cc1. The predicted molar refractivity (Wildman–Crippen MR) is 141 cm³/mol. The Bertz CT molecular complexity index is 1880. The van der Waals surface area contributed by atoms with Crippen LogP contribution in [0.4, 0.5) is 0 Å². The van der Waals surface area contributed by atoms with Gasteiger partial charge in [0.2, 0.25) is 17.3 Å². The molecule has 0 bridgehead atoms. The van der Waals surface area contributed by atoms with E-state index in [4.69, 9.17) is 0 Å². The van der Waals surface area contributed by atoms with Crippen LogP contribution in [0.1, 0.15) is 33.3 Å². The van der Waals surface area contributed by atoms with E-state index in [-0.39, 0.29) is 10.7 Å². The summed E-state index contributed by atoms with van der Waals surface area (Å²) < 4.78 is 27.2. The predicted octanol–water partition coefficient (Wildman–Crippen LogP) is 0.929. The van der Waals surface area contributed by atoms with E-state index in [2.05, 4.69) is 11.8 Å². The normalized spacial score (nSPS) is 12.6. The lowest BCUT2D eigenvalue weighted by Crippen LogP contribution is -2.55. The third kappa shape index (κ3) is 5.23. The average molecular weight is 605 g/mol. The van der Waals surface area contributed by atoms with Crippen molar-refractivity contribution in [2.45, 2.75) is 23.0 Å². The molecule has 1 unspecified atom stereocenters. The van der Waals surface area contributed by atoms with Crippen molar-refractivity contribution in [1.82, 2.24) is 9.71 Å². The number of aromatic hydroxyl groups is 5. The van der Waals surface area contributed by atoms with Gasteiger partial charge in [-0.05, 0) is 31.2 Å². The molecule has 0 radical (unpaired) electrons. The Labute approximate surface area is 234 Å². The number of carboxylic acids is 1. The molecule has 0 fully saturated rings. The summed E-state index contributed by atoms with van der Waals surface area (Å²) in [5, 5.41) is 80.5. The Kier molecular flexibility index (Phi) is 7.34. The van der Waals surface area contributed by atoms with Crippen molar-refractivity contribution in [3.8, 4) is 40.7 Å². The maximum atomic E-state index is 13.0. The number of carbonyl (C=O) groups is 2. The van der Waals surface area contributed by atoms with Crippen molar-refractivity contribution < 1.29 is 58.9 Å². The molecule has 2 aromatic carbocycles. The number of fused-ring (bicyclic) bond motifs is 1. The van der Waals surface area contributed by atoms with Crippen molar-refractivity contribution in [3.63, 3.8) is 0 Å². The number of aromatic nitrogens is 1. The second kappa shape index (κ2) is 10.3. The van der Waals surface area contributed by atoms with Crippen molar-refractivity contribution in [1.29, 1.82) is 0 Å². The fourth-order valence-corrected chi connectivity index (χ4v) is 6.22. The number of Topliss-reactive ketones (excluding diaryl/α,β-unsaturated/α-hetero) is 1. The number of carbonyl (C=O) groups excluding carboxylic acids is 1. The van der Waals surface area contributed by atoms with Gasteiger partial charge in [0.15, 0.2) is 29.2 Å². The summed E-state index contributed by atoms with van der Waals surface area (Å²) >= 11 is 0.619. The van der Waals surface area contributed by atoms with Crippen LogP contribution in [0.15, 0.2) is 40.6 Å². The first-order chi connectivity index (χ1) is 19.1. The van der Waals surface area contributed by atoms with Crippen LogP contribution >= 0.6 is 11.3 Å². The third-order valence-corrected chi connectivity index (χ3v) is 8.80. The zero-order valence-electron chi connectivity index (χ0n) is 20.6. The number of ketones is 1. The minimum Gasteiger partial charge on any atom is -0.504 e. The minimum absolute atomic E-state index is 0.133. The van der Waals surface area contributed by atoms with E-state index in [0.717, 1.165) is 6.07 Å². The second-order valence-corrected chi connectivity index (χ2v) is 11.6. The number of nitrogens with one attached hydrogen (secondary N) is 2. The van der Waals surface area contributed by atoms with Gasteiger partial charge in [0.1, 0.15) is 4.21 Å². The molecule has 0 aliphatic rings. The first kappa shape index (κ1) is 29.2. The summed E-state index contributed by atoms with van der Waals surface area (Å²) in [5.74, 6) is -6.86. The molecule has 0 spiro atoms. The number of phenolic OH excluding ortho intramolecular Hbond substituents is 4. The Hall–Kier alpha value is -4.79. The standard InChI is InChI=1S/C25H20N2O12S2/c1-10(28)12-5-2-11(3-6-12)4-7-13-8-9-14(40-13)41(38,39)27-22(24(34)35)25(36,37)16-15-17(26-23(16)33)19(30)21(32)20(31)18(15)29/h2-3,5-6,8-9,22,26-27,29-33,36-37H,1H3,(H,34,35). The summed E-state index contributed by atoms with van der Waals surface area (Å²) in [4.78, 5) is 25.6. The molecular weight excluding hydrogens is 584 g/mol. The average Bonchev–Trinajstić information content (AvgIpc) is 3.53. The van der Waals surface area contributed by atoms with E-state index in [1.165, 1.54) is 13.0 Å². The highest BCUT2D eigenvalue weighted by Crippen LogP contribution is 2.53. The van der Waals surface area contributed by atoms with E-state index in [1.807, 2.05) is 4.98 Å². The molecular formula is C25H20N2O12S2. The lowest BCUT2D eigenvalue weighted by molar-refractivity contribution is -0.199. The van der Waals surface area contributed by atoms with Crippen LogP contribution in [-0.4, -0.2) is 72.0 Å². The van der Waals surface area contributed by atoms with Gasteiger partial charge in [-0.25, -0.2) is 8.42 Å². The van der Waals surface area contributed by atoms with Gasteiger partial charge in [-0.15, -0.1) is 11.3 Å². The zero-order valence-corrected chi connectivity index (χ0v) is 22.2. The summed E-state index contributed by atoms with van der Waals surface area (Å²) in [6.45, 7) is 1.41. The molecule has 0 aliphatic carbocycles. The number of phenols is 4. The molecule has 14 nitrogen and oxygen atoms in total. The first-order valence-electron chi connectivity index (χ1n) is 11.2. The van der Waals surface area contributed by atoms with E-state index in [1.54, 1.807) is 29.0 Å². The van der Waals surface area contributed by atoms with Gasteiger partial charge in [-0.3, -0.25) is 9.59 Å². The molecule has 4 aromatic rings. The topological polar surface area (TPSA) is 258 Å². The number of sulfonamides is 1. The number of aliphatic hydroxyl groups is 2. The number of rotatable bonds is 7. The van der Waals surface area contributed by atoms with Crippen LogP contribution in [0, 0.1) is 11.8 Å². The van der Waals surface area contributed by atoms with Crippen molar-refractivity contribution in [2.75, 3.05) is 0 Å². The number of carboxylic acid groups (broad SMARTS) is 1. The molecule has 10 N–H and O–H groups in total.